The van der Waals surface area contributed by atoms with Gasteiger partial charge in [-0.3, -0.25) is 0 Å². The van der Waals surface area contributed by atoms with E-state index in [1.165, 1.54) is 49.7 Å². The summed E-state index contributed by atoms with van der Waals surface area (Å²) in [4.78, 5) is 0. The van der Waals surface area contributed by atoms with Gasteiger partial charge in [-0.25, -0.2) is 0 Å². The van der Waals surface area contributed by atoms with E-state index >= 15 is 0 Å². The van der Waals surface area contributed by atoms with Crippen LogP contribution in [0.25, 0.3) is 0 Å². The molecule has 1 heteroatoms. The van der Waals surface area contributed by atoms with Crippen molar-refractivity contribution in [2.75, 3.05) is 0 Å². The van der Waals surface area contributed by atoms with Gasteiger partial charge in [-0.05, 0) is 55.1 Å². The van der Waals surface area contributed by atoms with E-state index in [1.54, 1.807) is 0 Å². The fraction of sp³-hybridized carbons (Fsp3) is 0.647. The zero-order valence-corrected chi connectivity index (χ0v) is 11.1. The molecular formula is C17H24O. The van der Waals surface area contributed by atoms with Crippen LogP contribution in [0.15, 0.2) is 24.3 Å². The van der Waals surface area contributed by atoms with Crippen LogP contribution in [0.4, 0.5) is 0 Å². The highest BCUT2D eigenvalue weighted by Crippen LogP contribution is 2.38. The third-order valence-electron chi connectivity index (χ3n) is 4.86. The van der Waals surface area contributed by atoms with Crippen LogP contribution in [0.2, 0.25) is 0 Å². The minimum absolute atomic E-state index is 0.0788. The molecule has 0 amide bonds. The van der Waals surface area contributed by atoms with Crippen LogP contribution in [0.5, 0.6) is 0 Å². The Morgan fingerprint density at radius 1 is 0.833 bits per heavy atom. The van der Waals surface area contributed by atoms with Crippen molar-refractivity contribution in [3.63, 3.8) is 0 Å². The van der Waals surface area contributed by atoms with Crippen molar-refractivity contribution in [2.45, 2.75) is 69.3 Å². The highest BCUT2D eigenvalue weighted by Gasteiger charge is 2.23. The molecule has 0 heterocycles. The molecule has 2 aliphatic carbocycles. The van der Waals surface area contributed by atoms with E-state index in [4.69, 9.17) is 0 Å². The van der Waals surface area contributed by atoms with Crippen molar-refractivity contribution >= 4 is 0 Å². The van der Waals surface area contributed by atoms with Gasteiger partial charge in [0.1, 0.15) is 0 Å². The number of aliphatic hydroxyl groups is 1. The predicted molar refractivity (Wildman–Crippen MR) is 74.9 cm³/mol. The van der Waals surface area contributed by atoms with Gasteiger partial charge < -0.3 is 5.11 Å². The molecule has 0 aromatic heterocycles. The molecule has 1 nitrogen and oxygen atoms in total. The first-order chi connectivity index (χ1) is 8.83. The lowest BCUT2D eigenvalue weighted by atomic mass is 9.78. The van der Waals surface area contributed by atoms with E-state index < -0.39 is 0 Å². The fourth-order valence-corrected chi connectivity index (χ4v) is 3.45. The Morgan fingerprint density at radius 2 is 1.50 bits per heavy atom. The zero-order chi connectivity index (χ0) is 12.4. The van der Waals surface area contributed by atoms with E-state index in [2.05, 4.69) is 24.3 Å². The average molecular weight is 244 g/mol. The van der Waals surface area contributed by atoms with Gasteiger partial charge in [-0.2, -0.15) is 0 Å². The third-order valence-corrected chi connectivity index (χ3v) is 4.86. The first-order valence-electron chi connectivity index (χ1n) is 7.61. The van der Waals surface area contributed by atoms with Crippen molar-refractivity contribution in [3.05, 3.63) is 35.4 Å². The molecule has 98 valence electrons. The molecule has 2 aliphatic rings. The molecule has 0 saturated heterocycles. The summed E-state index contributed by atoms with van der Waals surface area (Å²) in [6, 6.07) is 9.21. The second kappa shape index (κ2) is 5.44. The minimum atomic E-state index is -0.0788. The number of hydrogen-bond donors (Lipinski definition) is 1. The molecule has 3 rings (SSSR count). The molecule has 0 aliphatic heterocycles. The maximum atomic E-state index is 9.96. The van der Waals surface area contributed by atoms with E-state index in [1.807, 2.05) is 0 Å². The molecule has 1 N–H and O–H groups in total. The lowest BCUT2D eigenvalue weighted by Crippen LogP contribution is -2.11. The molecule has 2 fully saturated rings. The highest BCUT2D eigenvalue weighted by atomic mass is 16.3. The van der Waals surface area contributed by atoms with E-state index in [0.29, 0.717) is 5.92 Å². The number of aliphatic hydroxyl groups excluding tert-OH is 1. The van der Waals surface area contributed by atoms with E-state index in [-0.39, 0.29) is 6.10 Å². The summed E-state index contributed by atoms with van der Waals surface area (Å²) < 4.78 is 0. The number of rotatable bonds is 2. The van der Waals surface area contributed by atoms with Crippen molar-refractivity contribution < 1.29 is 5.11 Å². The van der Waals surface area contributed by atoms with Gasteiger partial charge in [0, 0.05) is 0 Å². The smallest absolute Gasteiger partial charge is 0.0546 e. The Morgan fingerprint density at radius 3 is 2.22 bits per heavy atom. The van der Waals surface area contributed by atoms with Gasteiger partial charge in [0.2, 0.25) is 0 Å². The first kappa shape index (κ1) is 12.2. The molecule has 1 aromatic carbocycles. The Kier molecular flexibility index (Phi) is 3.69. The standard InChI is InChI=1S/C17H24O/c18-17-10-2-1-5-16(12-17)15-9-4-8-14(11-15)13-6-3-7-13/h4,8-9,11,13,16-18H,1-3,5-7,10,12H2. The van der Waals surface area contributed by atoms with Gasteiger partial charge >= 0.3 is 0 Å². The van der Waals surface area contributed by atoms with Gasteiger partial charge in [0.25, 0.3) is 0 Å². The van der Waals surface area contributed by atoms with E-state index in [9.17, 15) is 5.11 Å². The van der Waals surface area contributed by atoms with Crippen LogP contribution in [0, 0.1) is 0 Å². The van der Waals surface area contributed by atoms with Crippen LogP contribution >= 0.6 is 0 Å². The lowest BCUT2D eigenvalue weighted by Gasteiger charge is -2.27. The van der Waals surface area contributed by atoms with Crippen molar-refractivity contribution in [1.29, 1.82) is 0 Å². The van der Waals surface area contributed by atoms with Crippen molar-refractivity contribution in [3.8, 4) is 0 Å². The Bertz CT molecular complexity index is 394. The molecule has 0 bridgehead atoms. The fourth-order valence-electron chi connectivity index (χ4n) is 3.45. The summed E-state index contributed by atoms with van der Waals surface area (Å²) in [6.07, 6.45) is 9.75. The monoisotopic (exact) mass is 244 g/mol. The lowest BCUT2D eigenvalue weighted by molar-refractivity contribution is 0.152. The molecule has 18 heavy (non-hydrogen) atoms. The van der Waals surface area contributed by atoms with Gasteiger partial charge in [-0.1, -0.05) is 43.5 Å². The summed E-state index contributed by atoms with van der Waals surface area (Å²) >= 11 is 0. The van der Waals surface area contributed by atoms with E-state index in [0.717, 1.165) is 18.8 Å². The maximum absolute atomic E-state index is 9.96. The molecule has 2 saturated carbocycles. The van der Waals surface area contributed by atoms with Crippen LogP contribution in [-0.2, 0) is 0 Å². The molecule has 0 spiro atoms. The SMILES string of the molecule is OC1CCCCC(c2cccc(C3CCC3)c2)C1. The molecular weight excluding hydrogens is 220 g/mol. The Hall–Kier alpha value is -0.820. The number of benzene rings is 1. The summed E-state index contributed by atoms with van der Waals surface area (Å²) in [5.74, 6) is 1.41. The second-order valence-corrected chi connectivity index (χ2v) is 6.17. The third kappa shape index (κ3) is 2.61. The van der Waals surface area contributed by atoms with Crippen LogP contribution < -0.4 is 0 Å². The zero-order valence-electron chi connectivity index (χ0n) is 11.1. The van der Waals surface area contributed by atoms with Crippen LogP contribution in [0.1, 0.15) is 74.3 Å². The van der Waals surface area contributed by atoms with Crippen LogP contribution in [0.3, 0.4) is 0 Å². The quantitative estimate of drug-likeness (QED) is 0.766. The van der Waals surface area contributed by atoms with Gasteiger partial charge in [0.05, 0.1) is 6.10 Å². The predicted octanol–water partition coefficient (Wildman–Crippen LogP) is 4.36. The molecule has 2 atom stereocenters. The number of hydrogen-bond acceptors (Lipinski definition) is 1. The molecule has 2 unspecified atom stereocenters. The molecule has 0 radical (unpaired) electrons. The Balaban J connectivity index is 1.77. The summed E-state index contributed by atoms with van der Waals surface area (Å²) in [6.45, 7) is 0. The summed E-state index contributed by atoms with van der Waals surface area (Å²) in [5, 5.41) is 9.96. The van der Waals surface area contributed by atoms with Crippen LogP contribution in [-0.4, -0.2) is 11.2 Å². The minimum Gasteiger partial charge on any atom is -0.393 e. The largest absolute Gasteiger partial charge is 0.393 e. The first-order valence-corrected chi connectivity index (χ1v) is 7.61. The second-order valence-electron chi connectivity index (χ2n) is 6.17. The maximum Gasteiger partial charge on any atom is 0.0546 e. The molecule has 1 aromatic rings. The van der Waals surface area contributed by atoms with Crippen molar-refractivity contribution in [2.24, 2.45) is 0 Å². The highest BCUT2D eigenvalue weighted by molar-refractivity contribution is 5.30. The summed E-state index contributed by atoms with van der Waals surface area (Å²) in [7, 11) is 0. The normalized spacial score (nSPS) is 29.6. The summed E-state index contributed by atoms with van der Waals surface area (Å²) in [5.41, 5.74) is 3.01. The van der Waals surface area contributed by atoms with Gasteiger partial charge in [0.15, 0.2) is 0 Å². The Labute approximate surface area is 110 Å². The average Bonchev–Trinajstić information content (AvgIpc) is 2.52. The topological polar surface area (TPSA) is 20.2 Å². The van der Waals surface area contributed by atoms with Gasteiger partial charge in [-0.15, -0.1) is 0 Å². The van der Waals surface area contributed by atoms with Crippen molar-refractivity contribution in [1.82, 2.24) is 0 Å².